The highest BCUT2D eigenvalue weighted by molar-refractivity contribution is 4.84. The third-order valence-electron chi connectivity index (χ3n) is 3.94. The largest absolute Gasteiger partial charge is 0.380 e. The lowest BCUT2D eigenvalue weighted by Gasteiger charge is -2.39. The van der Waals surface area contributed by atoms with Gasteiger partial charge in [0.2, 0.25) is 0 Å². The van der Waals surface area contributed by atoms with Crippen molar-refractivity contribution < 1.29 is 4.74 Å². The van der Waals surface area contributed by atoms with Gasteiger partial charge in [0, 0.05) is 18.0 Å². The molecule has 0 aromatic heterocycles. The van der Waals surface area contributed by atoms with E-state index in [-0.39, 0.29) is 0 Å². The van der Waals surface area contributed by atoms with Crippen molar-refractivity contribution in [1.29, 1.82) is 0 Å². The van der Waals surface area contributed by atoms with E-state index in [9.17, 15) is 0 Å². The van der Waals surface area contributed by atoms with E-state index in [1.54, 1.807) is 0 Å². The Labute approximate surface area is 93.8 Å². The fourth-order valence-electron chi connectivity index (χ4n) is 2.80. The zero-order chi connectivity index (χ0) is 10.7. The first-order chi connectivity index (χ1) is 7.18. The second-order valence-corrected chi connectivity index (χ2v) is 5.97. The Morgan fingerprint density at radius 1 is 1.33 bits per heavy atom. The summed E-state index contributed by atoms with van der Waals surface area (Å²) in [6.07, 6.45) is 7.22. The van der Waals surface area contributed by atoms with E-state index in [0.717, 1.165) is 25.7 Å². The van der Waals surface area contributed by atoms with Crippen LogP contribution in [0.5, 0.6) is 0 Å². The van der Waals surface area contributed by atoms with Crippen LogP contribution < -0.4 is 5.32 Å². The summed E-state index contributed by atoms with van der Waals surface area (Å²) in [5.74, 6) is 0.998. The summed E-state index contributed by atoms with van der Waals surface area (Å²) < 4.78 is 5.26. The summed E-state index contributed by atoms with van der Waals surface area (Å²) in [7, 11) is 0. The molecule has 2 fully saturated rings. The van der Waals surface area contributed by atoms with Crippen molar-refractivity contribution in [3.05, 3.63) is 0 Å². The third kappa shape index (κ3) is 3.18. The summed E-state index contributed by atoms with van der Waals surface area (Å²) >= 11 is 0. The van der Waals surface area contributed by atoms with Crippen molar-refractivity contribution in [2.45, 2.75) is 52.0 Å². The van der Waals surface area contributed by atoms with E-state index in [2.05, 4.69) is 19.2 Å². The van der Waals surface area contributed by atoms with Crippen LogP contribution in [0.3, 0.4) is 0 Å². The Morgan fingerprint density at radius 3 is 2.53 bits per heavy atom. The topological polar surface area (TPSA) is 21.3 Å². The normalized spacial score (nSPS) is 27.6. The SMILES string of the molecule is CC(CC1CCCC1)NCC1(C)COC1. The highest BCUT2D eigenvalue weighted by atomic mass is 16.5. The van der Waals surface area contributed by atoms with Crippen molar-refractivity contribution in [2.24, 2.45) is 11.3 Å². The zero-order valence-electron chi connectivity index (χ0n) is 10.2. The van der Waals surface area contributed by atoms with Crippen molar-refractivity contribution in [2.75, 3.05) is 19.8 Å². The Balaban J connectivity index is 1.61. The molecule has 88 valence electrons. The predicted octanol–water partition coefficient (Wildman–Crippen LogP) is 2.58. The van der Waals surface area contributed by atoms with Gasteiger partial charge in [-0.25, -0.2) is 0 Å². The molecule has 1 aliphatic carbocycles. The monoisotopic (exact) mass is 211 g/mol. The molecule has 1 saturated carbocycles. The number of rotatable bonds is 5. The highest BCUT2D eigenvalue weighted by Gasteiger charge is 2.33. The molecule has 1 saturated heterocycles. The van der Waals surface area contributed by atoms with Crippen molar-refractivity contribution in [3.63, 3.8) is 0 Å². The Morgan fingerprint density at radius 2 is 2.00 bits per heavy atom. The standard InChI is InChI=1S/C13H25NO/c1-11(7-12-5-3-4-6-12)14-8-13(2)9-15-10-13/h11-12,14H,3-10H2,1-2H3. The highest BCUT2D eigenvalue weighted by Crippen LogP contribution is 2.29. The van der Waals surface area contributed by atoms with E-state index in [1.165, 1.54) is 32.1 Å². The molecule has 15 heavy (non-hydrogen) atoms. The summed E-state index contributed by atoms with van der Waals surface area (Å²) in [6, 6.07) is 0.686. The van der Waals surface area contributed by atoms with Gasteiger partial charge < -0.3 is 10.1 Å². The first-order valence-corrected chi connectivity index (χ1v) is 6.49. The van der Waals surface area contributed by atoms with Crippen molar-refractivity contribution >= 4 is 0 Å². The second kappa shape index (κ2) is 4.84. The van der Waals surface area contributed by atoms with Crippen LogP contribution in [0.15, 0.2) is 0 Å². The summed E-state index contributed by atoms with van der Waals surface area (Å²) in [4.78, 5) is 0. The van der Waals surface area contributed by atoms with Crippen LogP contribution in [0.25, 0.3) is 0 Å². The first-order valence-electron chi connectivity index (χ1n) is 6.49. The van der Waals surface area contributed by atoms with Gasteiger partial charge in [0.1, 0.15) is 0 Å². The molecule has 2 rings (SSSR count). The molecule has 0 spiro atoms. The number of hydrogen-bond acceptors (Lipinski definition) is 2. The molecule has 0 aromatic rings. The van der Waals surface area contributed by atoms with E-state index >= 15 is 0 Å². The second-order valence-electron chi connectivity index (χ2n) is 5.97. The van der Waals surface area contributed by atoms with E-state index in [1.807, 2.05) is 0 Å². The van der Waals surface area contributed by atoms with Crippen LogP contribution in [0.1, 0.15) is 46.0 Å². The maximum Gasteiger partial charge on any atom is 0.0554 e. The van der Waals surface area contributed by atoms with Gasteiger partial charge in [0.15, 0.2) is 0 Å². The minimum atomic E-state index is 0.421. The molecule has 1 heterocycles. The molecule has 1 N–H and O–H groups in total. The minimum Gasteiger partial charge on any atom is -0.380 e. The van der Waals surface area contributed by atoms with Gasteiger partial charge in [-0.05, 0) is 19.3 Å². The molecule has 2 heteroatoms. The Bertz CT molecular complexity index is 195. The van der Waals surface area contributed by atoms with E-state index in [4.69, 9.17) is 4.74 Å². The summed E-state index contributed by atoms with van der Waals surface area (Å²) in [5.41, 5.74) is 0.421. The van der Waals surface area contributed by atoms with E-state index in [0.29, 0.717) is 11.5 Å². The van der Waals surface area contributed by atoms with Gasteiger partial charge >= 0.3 is 0 Å². The molecular formula is C13H25NO. The average molecular weight is 211 g/mol. The van der Waals surface area contributed by atoms with Crippen molar-refractivity contribution in [1.82, 2.24) is 5.32 Å². The Hall–Kier alpha value is -0.0800. The van der Waals surface area contributed by atoms with Crippen LogP contribution in [0, 0.1) is 11.3 Å². The number of ether oxygens (including phenoxy) is 1. The quantitative estimate of drug-likeness (QED) is 0.754. The molecule has 1 unspecified atom stereocenters. The van der Waals surface area contributed by atoms with Gasteiger partial charge in [-0.1, -0.05) is 32.6 Å². The van der Waals surface area contributed by atoms with Gasteiger partial charge in [0.05, 0.1) is 13.2 Å². The number of nitrogens with one attached hydrogen (secondary N) is 1. The molecule has 0 bridgehead atoms. The van der Waals surface area contributed by atoms with Crippen LogP contribution >= 0.6 is 0 Å². The molecule has 0 radical (unpaired) electrons. The number of hydrogen-bond donors (Lipinski definition) is 1. The van der Waals surface area contributed by atoms with Gasteiger partial charge in [-0.3, -0.25) is 0 Å². The smallest absolute Gasteiger partial charge is 0.0554 e. The fourth-order valence-corrected chi connectivity index (χ4v) is 2.80. The molecule has 0 aromatic carbocycles. The van der Waals surface area contributed by atoms with E-state index < -0.39 is 0 Å². The molecule has 2 aliphatic rings. The summed E-state index contributed by atoms with van der Waals surface area (Å²) in [5, 5.41) is 3.67. The lowest BCUT2D eigenvalue weighted by molar-refractivity contribution is -0.1000. The maximum atomic E-state index is 5.26. The third-order valence-corrected chi connectivity index (χ3v) is 3.94. The summed E-state index contributed by atoms with van der Waals surface area (Å²) in [6.45, 7) is 7.65. The fraction of sp³-hybridized carbons (Fsp3) is 1.00. The molecule has 1 atom stereocenters. The lowest BCUT2D eigenvalue weighted by atomic mass is 9.88. The molecular weight excluding hydrogens is 186 g/mol. The van der Waals surface area contributed by atoms with Crippen molar-refractivity contribution in [3.8, 4) is 0 Å². The van der Waals surface area contributed by atoms with Crippen LogP contribution in [0.2, 0.25) is 0 Å². The lowest BCUT2D eigenvalue weighted by Crippen LogP contribution is -2.49. The average Bonchev–Trinajstić information content (AvgIpc) is 2.64. The maximum absolute atomic E-state index is 5.26. The predicted molar refractivity (Wildman–Crippen MR) is 63.0 cm³/mol. The van der Waals surface area contributed by atoms with Crippen LogP contribution in [-0.2, 0) is 4.74 Å². The van der Waals surface area contributed by atoms with Gasteiger partial charge in [-0.15, -0.1) is 0 Å². The van der Waals surface area contributed by atoms with Crippen LogP contribution in [-0.4, -0.2) is 25.8 Å². The molecule has 2 nitrogen and oxygen atoms in total. The van der Waals surface area contributed by atoms with Crippen LogP contribution in [0.4, 0.5) is 0 Å². The first kappa shape index (κ1) is 11.4. The van der Waals surface area contributed by atoms with Gasteiger partial charge in [0.25, 0.3) is 0 Å². The minimum absolute atomic E-state index is 0.421. The Kier molecular flexibility index (Phi) is 3.68. The van der Waals surface area contributed by atoms with Gasteiger partial charge in [-0.2, -0.15) is 0 Å². The molecule has 1 aliphatic heterocycles. The zero-order valence-corrected chi connectivity index (χ0v) is 10.2. The molecule has 0 amide bonds.